The van der Waals surface area contributed by atoms with Crippen molar-refractivity contribution in [3.63, 3.8) is 0 Å². The molecule has 0 spiro atoms. The SMILES string of the molecule is Clc1c[nH+]cc(NC2=NCCN2)n1. The molecule has 0 unspecified atom stereocenters. The molecule has 1 aliphatic rings. The zero-order chi connectivity index (χ0) is 9.10. The summed E-state index contributed by atoms with van der Waals surface area (Å²) in [7, 11) is 0. The van der Waals surface area contributed by atoms with E-state index in [1.165, 1.54) is 0 Å². The van der Waals surface area contributed by atoms with Gasteiger partial charge in [0.05, 0.1) is 6.54 Å². The molecule has 2 rings (SSSR count). The Hall–Kier alpha value is -1.36. The molecule has 0 saturated carbocycles. The highest BCUT2D eigenvalue weighted by atomic mass is 35.5. The summed E-state index contributed by atoms with van der Waals surface area (Å²) in [6.45, 7) is 1.67. The highest BCUT2D eigenvalue weighted by Crippen LogP contribution is 2.04. The predicted molar refractivity (Wildman–Crippen MR) is 49.7 cm³/mol. The van der Waals surface area contributed by atoms with E-state index in [1.807, 2.05) is 0 Å². The summed E-state index contributed by atoms with van der Waals surface area (Å²) in [6.07, 6.45) is 3.32. The molecular weight excluding hydrogens is 190 g/mol. The van der Waals surface area contributed by atoms with Gasteiger partial charge in [0.2, 0.25) is 12.4 Å². The van der Waals surface area contributed by atoms with Gasteiger partial charge in [-0.2, -0.15) is 0 Å². The maximum absolute atomic E-state index is 5.69. The van der Waals surface area contributed by atoms with Crippen LogP contribution in [0.15, 0.2) is 17.4 Å². The number of nitrogens with zero attached hydrogens (tertiary/aromatic N) is 2. The van der Waals surface area contributed by atoms with Crippen molar-refractivity contribution in [2.75, 3.05) is 18.4 Å². The second-order valence-corrected chi connectivity index (χ2v) is 2.94. The molecule has 0 bridgehead atoms. The number of H-pyrrole nitrogens is 1. The fourth-order valence-corrected chi connectivity index (χ4v) is 1.19. The molecule has 1 aromatic rings. The van der Waals surface area contributed by atoms with E-state index in [-0.39, 0.29) is 0 Å². The van der Waals surface area contributed by atoms with Gasteiger partial charge in [-0.05, 0) is 0 Å². The average Bonchev–Trinajstić information content (AvgIpc) is 2.57. The van der Waals surface area contributed by atoms with Gasteiger partial charge in [0.15, 0.2) is 16.9 Å². The normalized spacial score (nSPS) is 15.0. The van der Waals surface area contributed by atoms with Crippen LogP contribution in [0.25, 0.3) is 0 Å². The number of hydrogen-bond acceptors (Lipinski definition) is 4. The second kappa shape index (κ2) is 3.57. The molecule has 0 aliphatic carbocycles. The van der Waals surface area contributed by atoms with Gasteiger partial charge in [-0.15, -0.1) is 0 Å². The third-order valence-electron chi connectivity index (χ3n) is 1.57. The van der Waals surface area contributed by atoms with E-state index in [1.54, 1.807) is 12.4 Å². The topological polar surface area (TPSA) is 63.5 Å². The van der Waals surface area contributed by atoms with Crippen molar-refractivity contribution in [2.24, 2.45) is 4.99 Å². The first-order valence-corrected chi connectivity index (χ1v) is 4.31. The number of aromatic amines is 1. The lowest BCUT2D eigenvalue weighted by molar-refractivity contribution is -0.377. The Kier molecular flexibility index (Phi) is 2.27. The fourth-order valence-electron chi connectivity index (χ4n) is 1.04. The van der Waals surface area contributed by atoms with Gasteiger partial charge in [-0.25, -0.2) is 9.97 Å². The van der Waals surface area contributed by atoms with Crippen molar-refractivity contribution in [2.45, 2.75) is 0 Å². The van der Waals surface area contributed by atoms with E-state index in [0.717, 1.165) is 19.0 Å². The van der Waals surface area contributed by atoms with E-state index in [2.05, 4.69) is 25.6 Å². The monoisotopic (exact) mass is 198 g/mol. The minimum Gasteiger partial charge on any atom is -0.354 e. The van der Waals surface area contributed by atoms with Crippen LogP contribution in [0.4, 0.5) is 5.82 Å². The molecule has 68 valence electrons. The van der Waals surface area contributed by atoms with E-state index in [9.17, 15) is 0 Å². The Morgan fingerprint density at radius 2 is 2.46 bits per heavy atom. The quantitative estimate of drug-likeness (QED) is 0.664. The van der Waals surface area contributed by atoms with Gasteiger partial charge in [0, 0.05) is 6.54 Å². The Bertz CT molecular complexity index is 337. The van der Waals surface area contributed by atoms with Crippen molar-refractivity contribution in [1.29, 1.82) is 0 Å². The summed E-state index contributed by atoms with van der Waals surface area (Å²) in [5.41, 5.74) is 0. The van der Waals surface area contributed by atoms with Gasteiger partial charge in [-0.1, -0.05) is 11.6 Å². The number of halogens is 1. The summed E-state index contributed by atoms with van der Waals surface area (Å²) < 4.78 is 0. The minimum atomic E-state index is 0.420. The molecule has 1 aromatic heterocycles. The molecule has 2 heterocycles. The van der Waals surface area contributed by atoms with Crippen LogP contribution in [0.1, 0.15) is 0 Å². The summed E-state index contributed by atoms with van der Waals surface area (Å²) in [5.74, 6) is 1.39. The summed E-state index contributed by atoms with van der Waals surface area (Å²) in [5, 5.41) is 6.48. The van der Waals surface area contributed by atoms with Crippen LogP contribution in [0.2, 0.25) is 5.15 Å². The van der Waals surface area contributed by atoms with Crippen molar-refractivity contribution in [3.8, 4) is 0 Å². The van der Waals surface area contributed by atoms with E-state index in [4.69, 9.17) is 11.6 Å². The molecule has 0 radical (unpaired) electrons. The van der Waals surface area contributed by atoms with Crippen molar-refractivity contribution in [3.05, 3.63) is 17.5 Å². The largest absolute Gasteiger partial charge is 0.354 e. The van der Waals surface area contributed by atoms with Crippen LogP contribution < -0.4 is 15.6 Å². The lowest BCUT2D eigenvalue weighted by Crippen LogP contribution is -2.27. The van der Waals surface area contributed by atoms with Gasteiger partial charge in [0.25, 0.3) is 0 Å². The molecule has 0 amide bonds. The molecule has 6 heteroatoms. The lowest BCUT2D eigenvalue weighted by Gasteiger charge is -2.02. The third-order valence-corrected chi connectivity index (χ3v) is 1.76. The van der Waals surface area contributed by atoms with E-state index < -0.39 is 0 Å². The molecular formula is C7H9ClN5+. The zero-order valence-electron chi connectivity index (χ0n) is 6.84. The molecule has 13 heavy (non-hydrogen) atoms. The number of rotatable bonds is 1. The molecule has 3 N–H and O–H groups in total. The van der Waals surface area contributed by atoms with Crippen LogP contribution in [-0.2, 0) is 0 Å². The Labute approximate surface area is 80.3 Å². The highest BCUT2D eigenvalue weighted by molar-refractivity contribution is 6.29. The smallest absolute Gasteiger partial charge is 0.210 e. The standard InChI is InChI=1S/C7H8ClN5/c8-5-3-9-4-6(12-5)13-7-10-1-2-11-7/h3-4H,1-2H2,(H2,10,11,12,13)/p+1. The van der Waals surface area contributed by atoms with Crippen LogP contribution >= 0.6 is 11.6 Å². The molecule has 1 aliphatic heterocycles. The molecule has 0 atom stereocenters. The van der Waals surface area contributed by atoms with E-state index in [0.29, 0.717) is 11.0 Å². The Morgan fingerprint density at radius 3 is 3.15 bits per heavy atom. The summed E-state index contributed by atoms with van der Waals surface area (Å²) in [4.78, 5) is 11.1. The molecule has 5 nitrogen and oxygen atoms in total. The van der Waals surface area contributed by atoms with Crippen LogP contribution in [0, 0.1) is 0 Å². The van der Waals surface area contributed by atoms with Gasteiger partial charge < -0.3 is 10.6 Å². The van der Waals surface area contributed by atoms with E-state index >= 15 is 0 Å². The zero-order valence-corrected chi connectivity index (χ0v) is 7.60. The Morgan fingerprint density at radius 1 is 1.54 bits per heavy atom. The third kappa shape index (κ3) is 2.06. The number of aliphatic imine (C=N–C) groups is 1. The first-order valence-electron chi connectivity index (χ1n) is 3.93. The average molecular weight is 199 g/mol. The first kappa shape index (κ1) is 8.25. The molecule has 0 aromatic carbocycles. The summed E-state index contributed by atoms with van der Waals surface area (Å²) in [6, 6.07) is 0. The van der Waals surface area contributed by atoms with Gasteiger partial charge in [0.1, 0.15) is 0 Å². The molecule has 0 fully saturated rings. The number of aromatic nitrogens is 2. The predicted octanol–water partition coefficient (Wildman–Crippen LogP) is -0.0798. The van der Waals surface area contributed by atoms with Gasteiger partial charge >= 0.3 is 0 Å². The lowest BCUT2D eigenvalue weighted by atomic mass is 10.6. The van der Waals surface area contributed by atoms with Crippen LogP contribution in [-0.4, -0.2) is 24.0 Å². The molecule has 0 saturated heterocycles. The maximum Gasteiger partial charge on any atom is 0.210 e. The number of anilines is 1. The highest BCUT2D eigenvalue weighted by Gasteiger charge is 2.07. The van der Waals surface area contributed by atoms with Crippen molar-refractivity contribution < 1.29 is 4.98 Å². The number of guanidine groups is 1. The van der Waals surface area contributed by atoms with Crippen molar-refractivity contribution in [1.82, 2.24) is 10.3 Å². The summed E-state index contributed by atoms with van der Waals surface area (Å²) >= 11 is 5.69. The van der Waals surface area contributed by atoms with Gasteiger partial charge in [-0.3, -0.25) is 4.99 Å². The number of nitrogens with one attached hydrogen (secondary N) is 3. The number of hydrogen-bond donors (Lipinski definition) is 2. The second-order valence-electron chi connectivity index (χ2n) is 2.56. The fraction of sp³-hybridized carbons (Fsp3) is 0.286. The maximum atomic E-state index is 5.69. The Balaban J connectivity index is 2.09. The first-order chi connectivity index (χ1) is 6.34. The van der Waals surface area contributed by atoms with Crippen LogP contribution in [0.5, 0.6) is 0 Å². The van der Waals surface area contributed by atoms with Crippen LogP contribution in [0.3, 0.4) is 0 Å². The minimum absolute atomic E-state index is 0.420. The van der Waals surface area contributed by atoms with Crippen molar-refractivity contribution >= 4 is 23.4 Å².